The van der Waals surface area contributed by atoms with Crippen molar-refractivity contribution in [3.05, 3.63) is 105 Å². The molecular formula is C28H24N4O3. The Morgan fingerprint density at radius 3 is 2.46 bits per heavy atom. The van der Waals surface area contributed by atoms with Crippen molar-refractivity contribution in [2.75, 3.05) is 5.32 Å². The molecule has 0 aliphatic carbocycles. The van der Waals surface area contributed by atoms with Gasteiger partial charge in [-0.05, 0) is 74.7 Å². The lowest BCUT2D eigenvalue weighted by Gasteiger charge is -2.14. The lowest BCUT2D eigenvalue weighted by atomic mass is 10.1. The first-order chi connectivity index (χ1) is 16.8. The van der Waals surface area contributed by atoms with E-state index in [1.165, 1.54) is 10.5 Å². The van der Waals surface area contributed by atoms with E-state index in [2.05, 4.69) is 10.3 Å². The van der Waals surface area contributed by atoms with Gasteiger partial charge in [0.15, 0.2) is 0 Å². The van der Waals surface area contributed by atoms with Gasteiger partial charge in [-0.25, -0.2) is 0 Å². The average molecular weight is 465 g/mol. The number of aromatic nitrogens is 2. The lowest BCUT2D eigenvalue weighted by molar-refractivity contribution is -0.112. The third-order valence-corrected chi connectivity index (χ3v) is 5.77. The van der Waals surface area contributed by atoms with Gasteiger partial charge in [-0.15, -0.1) is 0 Å². The van der Waals surface area contributed by atoms with Crippen LogP contribution in [-0.2, 0) is 4.79 Å². The number of nitriles is 1. The van der Waals surface area contributed by atoms with Crippen molar-refractivity contribution in [2.45, 2.75) is 27.7 Å². The molecule has 4 rings (SSSR count). The van der Waals surface area contributed by atoms with Crippen LogP contribution in [0.2, 0.25) is 0 Å². The minimum atomic E-state index is -0.636. The molecule has 0 aliphatic rings. The van der Waals surface area contributed by atoms with Crippen molar-refractivity contribution in [2.24, 2.45) is 0 Å². The van der Waals surface area contributed by atoms with E-state index in [-0.39, 0.29) is 17.0 Å². The summed E-state index contributed by atoms with van der Waals surface area (Å²) in [4.78, 5) is 30.9. The fraction of sp³-hybridized carbons (Fsp3) is 0.143. The Hall–Kier alpha value is -4.70. The standard InChI is InChI=1S/C28H24N4O3/c1-17-10-12-22(13-11-17)30-26(33)21(16-29)15-23-27(35-24-9-5-7-18(2)20(24)4)31-25-19(3)8-6-14-32(25)28(23)34/h5-15H,1-4H3,(H,30,33)/b21-15+. The third-order valence-electron chi connectivity index (χ3n) is 5.77. The number of nitrogens with zero attached hydrogens (tertiary/aromatic N) is 3. The van der Waals surface area contributed by atoms with Gasteiger partial charge in [0.2, 0.25) is 5.88 Å². The van der Waals surface area contributed by atoms with E-state index in [0.717, 1.165) is 22.3 Å². The number of anilines is 1. The molecule has 4 aromatic rings. The highest BCUT2D eigenvalue weighted by molar-refractivity contribution is 6.09. The summed E-state index contributed by atoms with van der Waals surface area (Å²) in [6, 6.07) is 18.3. The van der Waals surface area contributed by atoms with Gasteiger partial charge in [0.05, 0.1) is 0 Å². The quantitative estimate of drug-likeness (QED) is 0.321. The van der Waals surface area contributed by atoms with Gasteiger partial charge in [-0.3, -0.25) is 14.0 Å². The zero-order valence-corrected chi connectivity index (χ0v) is 19.9. The van der Waals surface area contributed by atoms with Crippen molar-refractivity contribution in [1.82, 2.24) is 9.38 Å². The van der Waals surface area contributed by atoms with E-state index in [9.17, 15) is 14.9 Å². The van der Waals surface area contributed by atoms with Crippen LogP contribution in [-0.4, -0.2) is 15.3 Å². The predicted octanol–water partition coefficient (Wildman–Crippen LogP) is 5.27. The first kappa shape index (κ1) is 23.5. The van der Waals surface area contributed by atoms with Crippen molar-refractivity contribution in [3.63, 3.8) is 0 Å². The number of amides is 1. The molecule has 0 bridgehead atoms. The fourth-order valence-electron chi connectivity index (χ4n) is 3.56. The maximum absolute atomic E-state index is 13.5. The first-order valence-corrected chi connectivity index (χ1v) is 11.0. The molecule has 2 aromatic carbocycles. The Morgan fingerprint density at radius 2 is 1.74 bits per heavy atom. The van der Waals surface area contributed by atoms with Crippen LogP contribution >= 0.6 is 0 Å². The number of hydrogen-bond acceptors (Lipinski definition) is 5. The molecule has 1 amide bonds. The largest absolute Gasteiger partial charge is 0.438 e. The van der Waals surface area contributed by atoms with Crippen molar-refractivity contribution in [3.8, 4) is 17.7 Å². The first-order valence-electron chi connectivity index (χ1n) is 11.0. The molecule has 2 aromatic heterocycles. The summed E-state index contributed by atoms with van der Waals surface area (Å²) in [7, 11) is 0. The molecule has 0 atom stereocenters. The minimum absolute atomic E-state index is 0.00427. The fourth-order valence-corrected chi connectivity index (χ4v) is 3.56. The number of ether oxygens (including phenoxy) is 1. The van der Waals surface area contributed by atoms with E-state index in [0.29, 0.717) is 17.1 Å². The highest BCUT2D eigenvalue weighted by Crippen LogP contribution is 2.28. The number of fused-ring (bicyclic) bond motifs is 1. The van der Waals surface area contributed by atoms with Crippen LogP contribution in [0.4, 0.5) is 5.69 Å². The zero-order valence-electron chi connectivity index (χ0n) is 19.9. The van der Waals surface area contributed by atoms with Crippen molar-refractivity contribution >= 4 is 23.3 Å². The molecule has 2 heterocycles. The Labute approximate surface area is 203 Å². The normalized spacial score (nSPS) is 11.2. The van der Waals surface area contributed by atoms with E-state index in [1.54, 1.807) is 30.5 Å². The van der Waals surface area contributed by atoms with E-state index in [1.807, 2.05) is 64.1 Å². The van der Waals surface area contributed by atoms with Crippen LogP contribution in [0, 0.1) is 39.0 Å². The summed E-state index contributed by atoms with van der Waals surface area (Å²) in [5.41, 5.74) is 4.01. The second-order valence-corrected chi connectivity index (χ2v) is 8.31. The van der Waals surface area contributed by atoms with Crippen LogP contribution in [0.25, 0.3) is 11.7 Å². The molecule has 0 fully saturated rings. The van der Waals surface area contributed by atoms with E-state index < -0.39 is 11.5 Å². The maximum Gasteiger partial charge on any atom is 0.269 e. The van der Waals surface area contributed by atoms with Crippen LogP contribution in [0.1, 0.15) is 27.8 Å². The molecule has 7 nitrogen and oxygen atoms in total. The number of carbonyl (C=O) groups is 1. The maximum atomic E-state index is 13.5. The summed E-state index contributed by atoms with van der Waals surface area (Å²) >= 11 is 0. The molecule has 0 unspecified atom stereocenters. The number of rotatable bonds is 5. The number of hydrogen-bond donors (Lipinski definition) is 1. The van der Waals surface area contributed by atoms with Gasteiger partial charge in [0, 0.05) is 11.9 Å². The monoisotopic (exact) mass is 464 g/mol. The van der Waals surface area contributed by atoms with E-state index in [4.69, 9.17) is 4.74 Å². The Kier molecular flexibility index (Phi) is 6.47. The van der Waals surface area contributed by atoms with Crippen molar-refractivity contribution < 1.29 is 9.53 Å². The number of carbonyl (C=O) groups excluding carboxylic acids is 1. The van der Waals surface area contributed by atoms with Crippen LogP contribution in [0.5, 0.6) is 11.6 Å². The summed E-state index contributed by atoms with van der Waals surface area (Å²) in [5.74, 6) is -0.0798. The number of aryl methyl sites for hydroxylation is 3. The highest BCUT2D eigenvalue weighted by Gasteiger charge is 2.19. The third kappa shape index (κ3) is 4.82. The van der Waals surface area contributed by atoms with Gasteiger partial charge in [-0.2, -0.15) is 10.2 Å². The summed E-state index contributed by atoms with van der Waals surface area (Å²) in [6.45, 7) is 7.65. The molecule has 0 spiro atoms. The molecule has 1 N–H and O–H groups in total. The van der Waals surface area contributed by atoms with Gasteiger partial charge < -0.3 is 10.1 Å². The van der Waals surface area contributed by atoms with Crippen molar-refractivity contribution in [1.29, 1.82) is 5.26 Å². The van der Waals surface area contributed by atoms with Crippen LogP contribution in [0.3, 0.4) is 0 Å². The summed E-state index contributed by atoms with van der Waals surface area (Å²) < 4.78 is 7.49. The summed E-state index contributed by atoms with van der Waals surface area (Å²) in [5, 5.41) is 12.4. The predicted molar refractivity (Wildman–Crippen MR) is 136 cm³/mol. The van der Waals surface area contributed by atoms with Gasteiger partial charge in [0.1, 0.15) is 28.6 Å². The molecular weight excluding hydrogens is 440 g/mol. The van der Waals surface area contributed by atoms with E-state index >= 15 is 0 Å². The van der Waals surface area contributed by atoms with Crippen LogP contribution in [0.15, 0.2) is 71.2 Å². The minimum Gasteiger partial charge on any atom is -0.438 e. The number of pyridine rings is 1. The highest BCUT2D eigenvalue weighted by atomic mass is 16.5. The lowest BCUT2D eigenvalue weighted by Crippen LogP contribution is -2.21. The molecule has 174 valence electrons. The number of benzene rings is 2. The van der Waals surface area contributed by atoms with Gasteiger partial charge in [0.25, 0.3) is 11.5 Å². The molecule has 0 radical (unpaired) electrons. The Morgan fingerprint density at radius 1 is 1.03 bits per heavy atom. The Bertz CT molecular complexity index is 1580. The zero-order chi connectivity index (χ0) is 25.1. The SMILES string of the molecule is Cc1ccc(NC(=O)/C(C#N)=C/c2c(Oc3cccc(C)c3C)nc3c(C)cccn3c2=O)cc1. The summed E-state index contributed by atoms with van der Waals surface area (Å²) in [6.07, 6.45) is 2.82. The second kappa shape index (κ2) is 9.65. The molecule has 0 aliphatic heterocycles. The second-order valence-electron chi connectivity index (χ2n) is 8.31. The Balaban J connectivity index is 1.85. The molecule has 7 heteroatoms. The van der Waals surface area contributed by atoms with Gasteiger partial charge >= 0.3 is 0 Å². The van der Waals surface area contributed by atoms with Crippen LogP contribution < -0.4 is 15.6 Å². The number of nitrogens with one attached hydrogen (secondary N) is 1. The van der Waals surface area contributed by atoms with Gasteiger partial charge in [-0.1, -0.05) is 35.9 Å². The topological polar surface area (TPSA) is 96.5 Å². The molecule has 35 heavy (non-hydrogen) atoms. The smallest absolute Gasteiger partial charge is 0.269 e. The molecule has 0 saturated carbocycles. The average Bonchev–Trinajstić information content (AvgIpc) is 2.84. The molecule has 0 saturated heterocycles.